The Bertz CT molecular complexity index is 457. The molecule has 0 bridgehead atoms. The van der Waals surface area contributed by atoms with Gasteiger partial charge in [-0.3, -0.25) is 4.79 Å². The summed E-state index contributed by atoms with van der Waals surface area (Å²) < 4.78 is 0. The molecule has 0 atom stereocenters. The molecule has 1 saturated heterocycles. The summed E-state index contributed by atoms with van der Waals surface area (Å²) in [6.45, 7) is 1.76. The molecule has 1 N–H and O–H groups in total. The zero-order valence-electron chi connectivity index (χ0n) is 11.3. The van der Waals surface area contributed by atoms with E-state index in [-0.39, 0.29) is 5.91 Å². The van der Waals surface area contributed by atoms with Gasteiger partial charge in [-0.1, -0.05) is 24.2 Å². The molecule has 1 saturated carbocycles. The Morgan fingerprint density at radius 2 is 1.89 bits per heavy atom. The second-order valence-electron chi connectivity index (χ2n) is 5.66. The molecule has 1 amide bonds. The third kappa shape index (κ3) is 2.45. The van der Waals surface area contributed by atoms with Crippen LogP contribution in [0.5, 0.6) is 0 Å². The van der Waals surface area contributed by atoms with E-state index < -0.39 is 0 Å². The van der Waals surface area contributed by atoms with E-state index in [9.17, 15) is 4.79 Å². The molecule has 1 aliphatic heterocycles. The van der Waals surface area contributed by atoms with Gasteiger partial charge >= 0.3 is 0 Å². The van der Waals surface area contributed by atoms with Crippen molar-refractivity contribution in [3.8, 4) is 0 Å². The molecular formula is C13H20N4OS. The normalized spacial score (nSPS) is 21.8. The fraction of sp³-hybridized carbons (Fsp3) is 0.769. The second-order valence-corrected chi connectivity index (χ2v) is 6.64. The highest BCUT2D eigenvalue weighted by atomic mass is 32.1. The van der Waals surface area contributed by atoms with Gasteiger partial charge in [-0.05, 0) is 31.1 Å². The van der Waals surface area contributed by atoms with Gasteiger partial charge < -0.3 is 10.2 Å². The Morgan fingerprint density at radius 1 is 1.21 bits per heavy atom. The summed E-state index contributed by atoms with van der Waals surface area (Å²) in [6, 6.07) is 0. The van der Waals surface area contributed by atoms with Crippen LogP contribution in [0.1, 0.15) is 48.3 Å². The van der Waals surface area contributed by atoms with E-state index in [2.05, 4.69) is 15.5 Å². The van der Waals surface area contributed by atoms with Crippen LogP contribution in [-0.4, -0.2) is 41.1 Å². The monoisotopic (exact) mass is 280 g/mol. The maximum absolute atomic E-state index is 12.3. The van der Waals surface area contributed by atoms with Gasteiger partial charge in [0.05, 0.1) is 0 Å². The Balaban J connectivity index is 1.63. The number of piperidine rings is 1. The minimum Gasteiger partial charge on any atom is -0.363 e. The van der Waals surface area contributed by atoms with Crippen LogP contribution in [0.25, 0.3) is 0 Å². The third-order valence-corrected chi connectivity index (χ3v) is 5.53. The van der Waals surface area contributed by atoms with Gasteiger partial charge in [0.1, 0.15) is 0 Å². The summed E-state index contributed by atoms with van der Waals surface area (Å²) in [7, 11) is 1.79. The number of carbonyl (C=O) groups excluding carboxylic acids is 1. The van der Waals surface area contributed by atoms with Crippen LogP contribution in [0, 0.1) is 5.41 Å². The minimum atomic E-state index is 0.0480. The SMILES string of the molecule is CNc1nnc(C(=O)N2CCC3(CCCC3)CC2)s1. The molecule has 104 valence electrons. The number of rotatable bonds is 2. The van der Waals surface area contributed by atoms with Crippen LogP contribution in [-0.2, 0) is 0 Å². The van der Waals surface area contributed by atoms with Gasteiger partial charge in [-0.25, -0.2) is 0 Å². The quantitative estimate of drug-likeness (QED) is 0.903. The molecule has 2 aliphatic rings. The molecule has 2 fully saturated rings. The van der Waals surface area contributed by atoms with Crippen LogP contribution < -0.4 is 5.32 Å². The second kappa shape index (κ2) is 5.07. The molecule has 3 rings (SSSR count). The van der Waals surface area contributed by atoms with Gasteiger partial charge in [0, 0.05) is 20.1 Å². The summed E-state index contributed by atoms with van der Waals surface area (Å²) in [5.74, 6) is 0.0480. The Kier molecular flexibility index (Phi) is 3.43. The minimum absolute atomic E-state index is 0.0480. The molecule has 1 aromatic heterocycles. The van der Waals surface area contributed by atoms with E-state index in [1.807, 2.05) is 4.90 Å². The maximum atomic E-state index is 12.3. The molecule has 2 heterocycles. The number of anilines is 1. The van der Waals surface area contributed by atoms with Crippen molar-refractivity contribution in [2.24, 2.45) is 5.41 Å². The molecule has 1 aromatic rings. The van der Waals surface area contributed by atoms with Crippen molar-refractivity contribution in [2.45, 2.75) is 38.5 Å². The van der Waals surface area contributed by atoms with E-state index in [1.54, 1.807) is 7.05 Å². The lowest BCUT2D eigenvalue weighted by molar-refractivity contribution is 0.0586. The van der Waals surface area contributed by atoms with E-state index in [0.29, 0.717) is 15.6 Å². The van der Waals surface area contributed by atoms with E-state index >= 15 is 0 Å². The van der Waals surface area contributed by atoms with Crippen LogP contribution >= 0.6 is 11.3 Å². The highest BCUT2D eigenvalue weighted by molar-refractivity contribution is 7.17. The van der Waals surface area contributed by atoms with Gasteiger partial charge in [0.2, 0.25) is 10.1 Å². The first-order chi connectivity index (χ1) is 9.22. The van der Waals surface area contributed by atoms with Gasteiger partial charge in [0.15, 0.2) is 0 Å². The van der Waals surface area contributed by atoms with E-state index in [0.717, 1.165) is 25.9 Å². The zero-order chi connectivity index (χ0) is 13.3. The Morgan fingerprint density at radius 3 is 2.47 bits per heavy atom. The fourth-order valence-electron chi connectivity index (χ4n) is 3.36. The lowest BCUT2D eigenvalue weighted by Gasteiger charge is -2.39. The molecule has 0 radical (unpaired) electrons. The predicted octanol–water partition coefficient (Wildman–Crippen LogP) is 2.38. The predicted molar refractivity (Wildman–Crippen MR) is 75.5 cm³/mol. The Labute approximate surface area is 117 Å². The summed E-state index contributed by atoms with van der Waals surface area (Å²) >= 11 is 1.33. The number of carbonyl (C=O) groups is 1. The summed E-state index contributed by atoms with van der Waals surface area (Å²) in [5, 5.41) is 12.0. The van der Waals surface area contributed by atoms with Crippen molar-refractivity contribution in [3.63, 3.8) is 0 Å². The molecule has 19 heavy (non-hydrogen) atoms. The molecule has 0 aromatic carbocycles. The van der Waals surface area contributed by atoms with Crippen LogP contribution in [0.4, 0.5) is 5.13 Å². The molecule has 0 unspecified atom stereocenters. The molecule has 5 nitrogen and oxygen atoms in total. The lowest BCUT2D eigenvalue weighted by Crippen LogP contribution is -2.42. The van der Waals surface area contributed by atoms with Gasteiger partial charge in [-0.15, -0.1) is 10.2 Å². The van der Waals surface area contributed by atoms with Crippen molar-refractivity contribution in [2.75, 3.05) is 25.5 Å². The van der Waals surface area contributed by atoms with Crippen molar-refractivity contribution in [1.82, 2.24) is 15.1 Å². The topological polar surface area (TPSA) is 58.1 Å². The van der Waals surface area contributed by atoms with Crippen LogP contribution in [0.15, 0.2) is 0 Å². The molecular weight excluding hydrogens is 260 g/mol. The number of aromatic nitrogens is 2. The standard InChI is InChI=1S/C13H20N4OS/c1-14-12-16-15-10(19-12)11(18)17-8-6-13(7-9-17)4-2-3-5-13/h2-9H2,1H3,(H,14,16). The number of hydrogen-bond donors (Lipinski definition) is 1. The third-order valence-electron chi connectivity index (χ3n) is 4.60. The van der Waals surface area contributed by atoms with Crippen molar-refractivity contribution >= 4 is 22.4 Å². The lowest BCUT2D eigenvalue weighted by atomic mass is 9.77. The molecule has 1 spiro atoms. The number of amides is 1. The Hall–Kier alpha value is -1.17. The first kappa shape index (κ1) is 12.8. The number of nitrogens with zero attached hydrogens (tertiary/aromatic N) is 3. The average molecular weight is 280 g/mol. The number of hydrogen-bond acceptors (Lipinski definition) is 5. The average Bonchev–Trinajstić information content (AvgIpc) is 3.08. The van der Waals surface area contributed by atoms with Crippen molar-refractivity contribution in [3.05, 3.63) is 5.01 Å². The first-order valence-corrected chi connectivity index (χ1v) is 7.85. The zero-order valence-corrected chi connectivity index (χ0v) is 12.1. The summed E-state index contributed by atoms with van der Waals surface area (Å²) in [5.41, 5.74) is 0.550. The summed E-state index contributed by atoms with van der Waals surface area (Å²) in [6.07, 6.45) is 7.79. The molecule has 1 aliphatic carbocycles. The van der Waals surface area contributed by atoms with Gasteiger partial charge in [0.25, 0.3) is 5.91 Å². The maximum Gasteiger partial charge on any atom is 0.284 e. The summed E-state index contributed by atoms with van der Waals surface area (Å²) in [4.78, 5) is 14.3. The van der Waals surface area contributed by atoms with Crippen molar-refractivity contribution < 1.29 is 4.79 Å². The van der Waals surface area contributed by atoms with E-state index in [1.165, 1.54) is 37.0 Å². The van der Waals surface area contributed by atoms with Crippen molar-refractivity contribution in [1.29, 1.82) is 0 Å². The van der Waals surface area contributed by atoms with Gasteiger partial charge in [-0.2, -0.15) is 0 Å². The number of nitrogens with one attached hydrogen (secondary N) is 1. The largest absolute Gasteiger partial charge is 0.363 e. The van der Waals surface area contributed by atoms with Crippen LogP contribution in [0.2, 0.25) is 0 Å². The van der Waals surface area contributed by atoms with E-state index in [4.69, 9.17) is 0 Å². The first-order valence-electron chi connectivity index (χ1n) is 7.03. The smallest absolute Gasteiger partial charge is 0.284 e. The highest BCUT2D eigenvalue weighted by Gasteiger charge is 2.38. The molecule has 6 heteroatoms. The van der Waals surface area contributed by atoms with Crippen LogP contribution in [0.3, 0.4) is 0 Å². The fourth-order valence-corrected chi connectivity index (χ4v) is 4.02. The number of likely N-dealkylation sites (tertiary alicyclic amines) is 1. The highest BCUT2D eigenvalue weighted by Crippen LogP contribution is 2.46.